The number of halogens is 1. The maximum Gasteiger partial charge on any atom is 0.124 e. The minimum atomic E-state index is 0.109. The first kappa shape index (κ1) is 18.0. The van der Waals surface area contributed by atoms with Gasteiger partial charge in [-0.3, -0.25) is 0 Å². The fraction of sp³-hybridized carbons (Fsp3) is 0.368. The lowest BCUT2D eigenvalue weighted by atomic mass is 10.1. The number of rotatable bonds is 8. The van der Waals surface area contributed by atoms with Crippen LogP contribution in [0, 0.1) is 6.92 Å². The van der Waals surface area contributed by atoms with E-state index in [2.05, 4.69) is 53.3 Å². The summed E-state index contributed by atoms with van der Waals surface area (Å²) < 4.78 is 7.06. The zero-order valence-corrected chi connectivity index (χ0v) is 15.3. The molecule has 4 heteroatoms. The third-order valence-electron chi connectivity index (χ3n) is 3.96. The van der Waals surface area contributed by atoms with Gasteiger partial charge in [0.2, 0.25) is 0 Å². The summed E-state index contributed by atoms with van der Waals surface area (Å²) in [5.41, 5.74) is 3.51. The summed E-state index contributed by atoms with van der Waals surface area (Å²) in [6.45, 7) is 5.52. The molecule has 0 amide bonds. The number of hydrogen-bond donors (Lipinski definition) is 2. The van der Waals surface area contributed by atoms with Gasteiger partial charge < -0.3 is 15.2 Å². The Morgan fingerprint density at radius 3 is 2.65 bits per heavy atom. The Labute approximate surface area is 146 Å². The second-order valence-electron chi connectivity index (χ2n) is 5.64. The van der Waals surface area contributed by atoms with Gasteiger partial charge in [0.15, 0.2) is 0 Å². The van der Waals surface area contributed by atoms with Crippen molar-refractivity contribution in [3.05, 3.63) is 63.6 Å². The smallest absolute Gasteiger partial charge is 0.124 e. The summed E-state index contributed by atoms with van der Waals surface area (Å²) in [6.07, 6.45) is 0.893. The number of aliphatic hydroxyl groups excluding tert-OH is 1. The third-order valence-corrected chi connectivity index (χ3v) is 4.45. The lowest BCUT2D eigenvalue weighted by Gasteiger charge is -2.17. The van der Waals surface area contributed by atoms with E-state index in [9.17, 15) is 5.11 Å². The van der Waals surface area contributed by atoms with Crippen molar-refractivity contribution in [3.8, 4) is 5.75 Å². The lowest BCUT2D eigenvalue weighted by molar-refractivity contribution is 0.237. The van der Waals surface area contributed by atoms with Gasteiger partial charge in [0.25, 0.3) is 0 Å². The first-order chi connectivity index (χ1) is 11.1. The predicted octanol–water partition coefficient (Wildman–Crippen LogP) is 4.20. The Kier molecular flexibility index (Phi) is 7.09. The molecule has 0 aromatic heterocycles. The Balaban J connectivity index is 2.07. The number of benzene rings is 2. The van der Waals surface area contributed by atoms with Crippen LogP contribution in [0.2, 0.25) is 0 Å². The maximum absolute atomic E-state index is 9.31. The molecule has 0 saturated heterocycles. The zero-order chi connectivity index (χ0) is 16.7. The molecule has 0 unspecified atom stereocenters. The van der Waals surface area contributed by atoms with E-state index in [1.165, 1.54) is 11.1 Å². The molecule has 0 bridgehead atoms. The Morgan fingerprint density at radius 1 is 1.17 bits per heavy atom. The highest BCUT2D eigenvalue weighted by Crippen LogP contribution is 2.24. The Hall–Kier alpha value is -1.36. The van der Waals surface area contributed by atoms with E-state index in [1.807, 2.05) is 24.3 Å². The summed E-state index contributed by atoms with van der Waals surface area (Å²) in [6, 6.07) is 14.4. The van der Waals surface area contributed by atoms with Gasteiger partial charge in [0, 0.05) is 22.6 Å². The van der Waals surface area contributed by atoms with Crippen LogP contribution in [0.1, 0.15) is 30.0 Å². The summed E-state index contributed by atoms with van der Waals surface area (Å²) in [5.74, 6) is 0.872. The SMILES string of the molecule is CC[C@H](CO)NCc1cc(Br)ccc1OCc1ccccc1C. The molecule has 0 spiro atoms. The van der Waals surface area contributed by atoms with Crippen LogP contribution < -0.4 is 10.1 Å². The van der Waals surface area contributed by atoms with Crippen LogP contribution in [0.25, 0.3) is 0 Å². The summed E-state index contributed by atoms with van der Waals surface area (Å²) in [7, 11) is 0. The molecule has 0 aliphatic rings. The number of nitrogens with one attached hydrogen (secondary N) is 1. The average molecular weight is 378 g/mol. The summed E-state index contributed by atoms with van der Waals surface area (Å²) >= 11 is 3.51. The predicted molar refractivity (Wildman–Crippen MR) is 97.7 cm³/mol. The van der Waals surface area contributed by atoms with Gasteiger partial charge in [-0.05, 0) is 42.7 Å². The van der Waals surface area contributed by atoms with Crippen molar-refractivity contribution in [2.45, 2.75) is 39.5 Å². The van der Waals surface area contributed by atoms with Crippen molar-refractivity contribution < 1.29 is 9.84 Å². The molecule has 0 saturated carbocycles. The van der Waals surface area contributed by atoms with Gasteiger partial charge >= 0.3 is 0 Å². The standard InChI is InChI=1S/C19H24BrNO2/c1-3-18(12-22)21-11-16-10-17(20)8-9-19(16)23-13-15-7-5-4-6-14(15)2/h4-10,18,21-22H,3,11-13H2,1-2H3/t18-/m1/s1. The second-order valence-corrected chi connectivity index (χ2v) is 6.55. The van der Waals surface area contributed by atoms with Crippen LogP contribution in [0.5, 0.6) is 5.75 Å². The van der Waals surface area contributed by atoms with Crippen molar-refractivity contribution in [2.24, 2.45) is 0 Å². The maximum atomic E-state index is 9.31. The molecule has 23 heavy (non-hydrogen) atoms. The van der Waals surface area contributed by atoms with E-state index in [-0.39, 0.29) is 12.6 Å². The van der Waals surface area contributed by atoms with E-state index in [0.717, 1.165) is 22.2 Å². The van der Waals surface area contributed by atoms with E-state index in [0.29, 0.717) is 13.2 Å². The molecule has 2 aromatic carbocycles. The molecule has 1 atom stereocenters. The fourth-order valence-corrected chi connectivity index (χ4v) is 2.76. The molecule has 3 nitrogen and oxygen atoms in total. The fourth-order valence-electron chi connectivity index (χ4n) is 2.35. The zero-order valence-electron chi connectivity index (χ0n) is 13.7. The van der Waals surface area contributed by atoms with E-state index < -0.39 is 0 Å². The highest BCUT2D eigenvalue weighted by atomic mass is 79.9. The van der Waals surface area contributed by atoms with E-state index in [1.54, 1.807) is 0 Å². The minimum absolute atomic E-state index is 0.109. The van der Waals surface area contributed by atoms with Gasteiger partial charge in [-0.2, -0.15) is 0 Å². The van der Waals surface area contributed by atoms with E-state index >= 15 is 0 Å². The van der Waals surface area contributed by atoms with Crippen molar-refractivity contribution >= 4 is 15.9 Å². The molecule has 0 aliphatic carbocycles. The van der Waals surface area contributed by atoms with Gasteiger partial charge in [-0.15, -0.1) is 0 Å². The Bertz CT molecular complexity index is 627. The lowest BCUT2D eigenvalue weighted by Crippen LogP contribution is -2.31. The quantitative estimate of drug-likeness (QED) is 0.724. The molecule has 0 fully saturated rings. The second kappa shape index (κ2) is 9.06. The summed E-state index contributed by atoms with van der Waals surface area (Å²) in [5, 5.41) is 12.7. The van der Waals surface area contributed by atoms with Crippen molar-refractivity contribution in [3.63, 3.8) is 0 Å². The normalized spacial score (nSPS) is 12.2. The molecular formula is C19H24BrNO2. The van der Waals surface area contributed by atoms with Crippen LogP contribution >= 0.6 is 15.9 Å². The van der Waals surface area contributed by atoms with Gasteiger partial charge in [0.1, 0.15) is 12.4 Å². The molecule has 0 aliphatic heterocycles. The molecular weight excluding hydrogens is 354 g/mol. The highest BCUT2D eigenvalue weighted by molar-refractivity contribution is 9.10. The van der Waals surface area contributed by atoms with Gasteiger partial charge in [-0.1, -0.05) is 47.1 Å². The molecule has 2 aromatic rings. The van der Waals surface area contributed by atoms with Crippen molar-refractivity contribution in [1.82, 2.24) is 5.32 Å². The van der Waals surface area contributed by atoms with Gasteiger partial charge in [0.05, 0.1) is 6.61 Å². The van der Waals surface area contributed by atoms with E-state index in [4.69, 9.17) is 4.74 Å². The molecule has 2 rings (SSSR count). The third kappa shape index (κ3) is 5.34. The topological polar surface area (TPSA) is 41.5 Å². The van der Waals surface area contributed by atoms with Crippen LogP contribution in [-0.2, 0) is 13.2 Å². The first-order valence-electron chi connectivity index (χ1n) is 7.94. The first-order valence-corrected chi connectivity index (χ1v) is 8.73. The van der Waals surface area contributed by atoms with Crippen LogP contribution in [0.3, 0.4) is 0 Å². The number of aliphatic hydroxyl groups is 1. The van der Waals surface area contributed by atoms with Crippen LogP contribution in [0.15, 0.2) is 46.9 Å². The molecule has 0 radical (unpaired) electrons. The van der Waals surface area contributed by atoms with Gasteiger partial charge in [-0.25, -0.2) is 0 Å². The highest BCUT2D eigenvalue weighted by Gasteiger charge is 2.09. The van der Waals surface area contributed by atoms with Crippen LogP contribution in [0.4, 0.5) is 0 Å². The largest absolute Gasteiger partial charge is 0.489 e. The molecule has 124 valence electrons. The average Bonchev–Trinajstić information content (AvgIpc) is 2.56. The molecule has 2 N–H and O–H groups in total. The van der Waals surface area contributed by atoms with Crippen LogP contribution in [-0.4, -0.2) is 17.8 Å². The number of aryl methyl sites for hydroxylation is 1. The van der Waals surface area contributed by atoms with Crippen molar-refractivity contribution in [1.29, 1.82) is 0 Å². The number of ether oxygens (including phenoxy) is 1. The number of hydrogen-bond acceptors (Lipinski definition) is 3. The monoisotopic (exact) mass is 377 g/mol. The van der Waals surface area contributed by atoms with Crippen molar-refractivity contribution in [2.75, 3.05) is 6.61 Å². The summed E-state index contributed by atoms with van der Waals surface area (Å²) in [4.78, 5) is 0. The minimum Gasteiger partial charge on any atom is -0.489 e. The molecule has 0 heterocycles. The Morgan fingerprint density at radius 2 is 1.96 bits per heavy atom.